The molecule has 1 aromatic heterocycles. The van der Waals surface area contributed by atoms with E-state index in [9.17, 15) is 0 Å². The number of benzene rings is 1. The summed E-state index contributed by atoms with van der Waals surface area (Å²) in [5, 5.41) is 0. The Morgan fingerprint density at radius 3 is 2.94 bits per heavy atom. The van der Waals surface area contributed by atoms with Gasteiger partial charge in [0.2, 0.25) is 0 Å². The molecule has 1 aromatic carbocycles. The second kappa shape index (κ2) is 4.26. The molecule has 2 N–H and O–H groups in total. The van der Waals surface area contributed by atoms with Crippen molar-refractivity contribution in [2.75, 3.05) is 0 Å². The summed E-state index contributed by atoms with van der Waals surface area (Å²) in [4.78, 5) is 0. The molecule has 0 aliphatic heterocycles. The van der Waals surface area contributed by atoms with Gasteiger partial charge in [-0.2, -0.15) is 0 Å². The van der Waals surface area contributed by atoms with Crippen LogP contribution in [0.2, 0.25) is 0 Å². The van der Waals surface area contributed by atoms with E-state index in [1.807, 2.05) is 30.3 Å². The molecule has 0 atom stereocenters. The number of furan rings is 1. The van der Waals surface area contributed by atoms with Crippen molar-refractivity contribution in [3.63, 3.8) is 0 Å². The van der Waals surface area contributed by atoms with Crippen LogP contribution in [0.25, 0.3) is 11.1 Å². The molecule has 0 bridgehead atoms. The Labute approximate surface area is 100 Å². The molecule has 3 nitrogen and oxygen atoms in total. The molecule has 1 heterocycles. The van der Waals surface area contributed by atoms with Crippen molar-refractivity contribution in [3.05, 3.63) is 42.4 Å². The summed E-state index contributed by atoms with van der Waals surface area (Å²) in [6.07, 6.45) is 4.43. The first-order chi connectivity index (χ1) is 8.36. The van der Waals surface area contributed by atoms with Gasteiger partial charge in [0.25, 0.3) is 0 Å². The van der Waals surface area contributed by atoms with Gasteiger partial charge in [0.15, 0.2) is 0 Å². The van der Waals surface area contributed by atoms with Crippen LogP contribution in [0.3, 0.4) is 0 Å². The quantitative estimate of drug-likeness (QED) is 0.876. The summed E-state index contributed by atoms with van der Waals surface area (Å²) in [6.45, 7) is 0.413. The lowest BCUT2D eigenvalue weighted by molar-refractivity contribution is 0.303. The molecule has 1 aliphatic rings. The summed E-state index contributed by atoms with van der Waals surface area (Å²) in [7, 11) is 0. The molecule has 0 amide bonds. The number of rotatable bonds is 4. The van der Waals surface area contributed by atoms with Gasteiger partial charge in [0.1, 0.15) is 11.5 Å². The second-order valence-electron chi connectivity index (χ2n) is 4.31. The molecule has 88 valence electrons. The zero-order valence-corrected chi connectivity index (χ0v) is 9.56. The molecule has 3 rings (SSSR count). The summed E-state index contributed by atoms with van der Waals surface area (Å²) in [5.74, 6) is 1.74. The van der Waals surface area contributed by atoms with Crippen LogP contribution >= 0.6 is 0 Å². The molecule has 17 heavy (non-hydrogen) atoms. The van der Waals surface area contributed by atoms with Crippen LogP contribution in [0.1, 0.15) is 18.6 Å². The zero-order valence-electron chi connectivity index (χ0n) is 9.56. The molecule has 1 aliphatic carbocycles. The fourth-order valence-electron chi connectivity index (χ4n) is 1.87. The lowest BCUT2D eigenvalue weighted by Crippen LogP contribution is -1.97. The van der Waals surface area contributed by atoms with Crippen LogP contribution in [-0.2, 0) is 6.54 Å². The van der Waals surface area contributed by atoms with Gasteiger partial charge >= 0.3 is 0 Å². The highest BCUT2D eigenvalue weighted by molar-refractivity contribution is 5.66. The van der Waals surface area contributed by atoms with Gasteiger partial charge < -0.3 is 14.9 Å². The highest BCUT2D eigenvalue weighted by atomic mass is 16.5. The topological polar surface area (TPSA) is 48.4 Å². The minimum Gasteiger partial charge on any atom is -0.490 e. The molecule has 1 saturated carbocycles. The number of nitrogens with two attached hydrogens (primary N) is 1. The maximum Gasteiger partial charge on any atom is 0.125 e. The average molecular weight is 229 g/mol. The predicted molar refractivity (Wildman–Crippen MR) is 65.7 cm³/mol. The Morgan fingerprint density at radius 1 is 1.29 bits per heavy atom. The van der Waals surface area contributed by atoms with Crippen molar-refractivity contribution in [1.82, 2.24) is 0 Å². The summed E-state index contributed by atoms with van der Waals surface area (Å²) in [6, 6.07) is 10.0. The molecular formula is C14H15NO2. The Bertz CT molecular complexity index is 514. The summed E-state index contributed by atoms with van der Waals surface area (Å²) >= 11 is 0. The van der Waals surface area contributed by atoms with Crippen molar-refractivity contribution in [2.45, 2.75) is 25.5 Å². The van der Waals surface area contributed by atoms with E-state index >= 15 is 0 Å². The fourth-order valence-corrected chi connectivity index (χ4v) is 1.87. The van der Waals surface area contributed by atoms with Gasteiger partial charge in [-0.05, 0) is 36.6 Å². The second-order valence-corrected chi connectivity index (χ2v) is 4.31. The maximum absolute atomic E-state index is 5.78. The molecule has 3 heteroatoms. The molecule has 0 saturated heterocycles. The van der Waals surface area contributed by atoms with E-state index in [-0.39, 0.29) is 0 Å². The monoisotopic (exact) mass is 229 g/mol. The van der Waals surface area contributed by atoms with Crippen LogP contribution in [0, 0.1) is 0 Å². The normalized spacial score (nSPS) is 14.9. The summed E-state index contributed by atoms with van der Waals surface area (Å²) < 4.78 is 11.1. The third-order valence-corrected chi connectivity index (χ3v) is 2.90. The van der Waals surface area contributed by atoms with Crippen LogP contribution in [0.5, 0.6) is 5.75 Å². The third kappa shape index (κ3) is 2.19. The van der Waals surface area contributed by atoms with Crippen molar-refractivity contribution in [1.29, 1.82) is 0 Å². The van der Waals surface area contributed by atoms with Crippen LogP contribution in [0.15, 0.2) is 41.0 Å². The SMILES string of the molecule is NCc1occc1-c1cccc(OC2CC2)c1. The van der Waals surface area contributed by atoms with Crippen molar-refractivity contribution >= 4 is 0 Å². The van der Waals surface area contributed by atoms with Crippen molar-refractivity contribution < 1.29 is 9.15 Å². The molecule has 0 radical (unpaired) electrons. The van der Waals surface area contributed by atoms with Gasteiger partial charge in [-0.25, -0.2) is 0 Å². The van der Waals surface area contributed by atoms with Crippen molar-refractivity contribution in [2.24, 2.45) is 5.73 Å². The Morgan fingerprint density at radius 2 is 2.18 bits per heavy atom. The average Bonchev–Trinajstić information content (AvgIpc) is 3.04. The highest BCUT2D eigenvalue weighted by Gasteiger charge is 2.23. The highest BCUT2D eigenvalue weighted by Crippen LogP contribution is 2.31. The third-order valence-electron chi connectivity index (χ3n) is 2.90. The fraction of sp³-hybridized carbons (Fsp3) is 0.286. The molecular weight excluding hydrogens is 214 g/mol. The Kier molecular flexibility index (Phi) is 2.61. The van der Waals surface area contributed by atoms with E-state index in [2.05, 4.69) is 0 Å². The first-order valence-corrected chi connectivity index (χ1v) is 5.90. The van der Waals surface area contributed by atoms with Gasteiger partial charge in [-0.1, -0.05) is 12.1 Å². The number of hydrogen-bond donors (Lipinski definition) is 1. The Hall–Kier alpha value is -1.74. The number of hydrogen-bond acceptors (Lipinski definition) is 3. The maximum atomic E-state index is 5.78. The molecule has 0 unspecified atom stereocenters. The number of ether oxygens (including phenoxy) is 1. The van der Waals surface area contributed by atoms with E-state index in [0.717, 1.165) is 22.6 Å². The molecule has 1 fully saturated rings. The van der Waals surface area contributed by atoms with Gasteiger partial charge in [0.05, 0.1) is 18.9 Å². The van der Waals surface area contributed by atoms with E-state index in [1.54, 1.807) is 6.26 Å². The van der Waals surface area contributed by atoms with E-state index in [4.69, 9.17) is 14.9 Å². The summed E-state index contributed by atoms with van der Waals surface area (Å²) in [5.41, 5.74) is 7.78. The Balaban J connectivity index is 1.91. The minimum atomic E-state index is 0.413. The van der Waals surface area contributed by atoms with Gasteiger partial charge in [-0.15, -0.1) is 0 Å². The van der Waals surface area contributed by atoms with E-state index < -0.39 is 0 Å². The first-order valence-electron chi connectivity index (χ1n) is 5.90. The largest absolute Gasteiger partial charge is 0.490 e. The smallest absolute Gasteiger partial charge is 0.125 e. The first kappa shape index (κ1) is 10.4. The van der Waals surface area contributed by atoms with Crippen LogP contribution in [0.4, 0.5) is 0 Å². The minimum absolute atomic E-state index is 0.413. The van der Waals surface area contributed by atoms with Gasteiger partial charge in [-0.3, -0.25) is 0 Å². The predicted octanol–water partition coefficient (Wildman–Crippen LogP) is 2.95. The van der Waals surface area contributed by atoms with Crippen LogP contribution < -0.4 is 10.5 Å². The van der Waals surface area contributed by atoms with Gasteiger partial charge in [0, 0.05) is 5.56 Å². The molecule has 0 spiro atoms. The van der Waals surface area contributed by atoms with E-state index in [1.165, 1.54) is 12.8 Å². The standard InChI is InChI=1S/C14H15NO2/c15-9-14-13(6-7-16-14)10-2-1-3-12(8-10)17-11-4-5-11/h1-3,6-8,11H,4-5,9,15H2. The zero-order chi connectivity index (χ0) is 11.7. The van der Waals surface area contributed by atoms with Crippen molar-refractivity contribution in [3.8, 4) is 16.9 Å². The lowest BCUT2D eigenvalue weighted by Gasteiger charge is -2.06. The lowest BCUT2D eigenvalue weighted by atomic mass is 10.1. The van der Waals surface area contributed by atoms with Crippen LogP contribution in [-0.4, -0.2) is 6.10 Å². The van der Waals surface area contributed by atoms with E-state index in [0.29, 0.717) is 12.6 Å². The molecule has 2 aromatic rings.